The summed E-state index contributed by atoms with van der Waals surface area (Å²) in [6.45, 7) is 2.13. The van der Waals surface area contributed by atoms with Crippen molar-refractivity contribution < 1.29 is 9.53 Å². The molecule has 0 N–H and O–H groups in total. The highest BCUT2D eigenvalue weighted by atomic mass is 16.5. The average molecular weight is 220 g/mol. The molecule has 1 aromatic carbocycles. The smallest absolute Gasteiger partial charge is 0.241 e. The molecule has 0 saturated carbocycles. The Morgan fingerprint density at radius 2 is 2.12 bits per heavy atom. The molecule has 16 heavy (non-hydrogen) atoms. The number of rotatable bonds is 2. The van der Waals surface area contributed by atoms with E-state index < -0.39 is 0 Å². The van der Waals surface area contributed by atoms with Gasteiger partial charge in [0, 0.05) is 24.8 Å². The zero-order valence-electron chi connectivity index (χ0n) is 9.64. The van der Waals surface area contributed by atoms with Crippen molar-refractivity contribution in [2.75, 3.05) is 38.7 Å². The van der Waals surface area contributed by atoms with Gasteiger partial charge in [0.05, 0.1) is 13.7 Å². The quantitative estimate of drug-likeness (QED) is 0.744. The first kappa shape index (κ1) is 11.0. The van der Waals surface area contributed by atoms with Crippen molar-refractivity contribution in [1.82, 2.24) is 4.90 Å². The maximum atomic E-state index is 11.8. The summed E-state index contributed by atoms with van der Waals surface area (Å²) in [6.07, 6.45) is 0. The summed E-state index contributed by atoms with van der Waals surface area (Å²) in [7, 11) is 3.59. The molecule has 4 nitrogen and oxygen atoms in total. The lowest BCUT2D eigenvalue weighted by Crippen LogP contribution is -2.48. The van der Waals surface area contributed by atoms with Gasteiger partial charge in [0.25, 0.3) is 0 Å². The topological polar surface area (TPSA) is 32.8 Å². The third kappa shape index (κ3) is 2.17. The summed E-state index contributed by atoms with van der Waals surface area (Å²) in [5, 5.41) is 0. The molecule has 0 spiro atoms. The van der Waals surface area contributed by atoms with E-state index >= 15 is 0 Å². The lowest BCUT2D eigenvalue weighted by atomic mass is 10.2. The molecule has 0 aromatic heterocycles. The van der Waals surface area contributed by atoms with E-state index in [0.717, 1.165) is 24.5 Å². The number of hydrogen-bond donors (Lipinski definition) is 0. The SMILES string of the molecule is COc1cccc(N2CCN(C)CC2=O)c1. The molecule has 1 aliphatic rings. The highest BCUT2D eigenvalue weighted by Gasteiger charge is 2.22. The molecule has 1 heterocycles. The number of hydrogen-bond acceptors (Lipinski definition) is 3. The second-order valence-corrected chi connectivity index (χ2v) is 3.98. The first-order chi connectivity index (χ1) is 7.70. The van der Waals surface area contributed by atoms with Gasteiger partial charge in [0.2, 0.25) is 5.91 Å². The predicted molar refractivity (Wildman–Crippen MR) is 62.8 cm³/mol. The molecule has 2 rings (SSSR count). The van der Waals surface area contributed by atoms with E-state index in [2.05, 4.69) is 0 Å². The Hall–Kier alpha value is -1.55. The van der Waals surface area contributed by atoms with Crippen molar-refractivity contribution in [2.45, 2.75) is 0 Å². The monoisotopic (exact) mass is 220 g/mol. The number of methoxy groups -OCH3 is 1. The van der Waals surface area contributed by atoms with Crippen molar-refractivity contribution in [2.24, 2.45) is 0 Å². The number of carbonyl (C=O) groups excluding carboxylic acids is 1. The number of amides is 1. The van der Waals surface area contributed by atoms with Gasteiger partial charge in [-0.2, -0.15) is 0 Å². The first-order valence-corrected chi connectivity index (χ1v) is 5.33. The fourth-order valence-corrected chi connectivity index (χ4v) is 1.84. The summed E-state index contributed by atoms with van der Waals surface area (Å²) in [6, 6.07) is 7.61. The zero-order chi connectivity index (χ0) is 11.5. The molecular weight excluding hydrogens is 204 g/mol. The van der Waals surface area contributed by atoms with E-state index in [-0.39, 0.29) is 5.91 Å². The van der Waals surface area contributed by atoms with Crippen molar-refractivity contribution in [3.05, 3.63) is 24.3 Å². The highest BCUT2D eigenvalue weighted by Crippen LogP contribution is 2.22. The zero-order valence-corrected chi connectivity index (χ0v) is 9.64. The van der Waals surface area contributed by atoms with Crippen molar-refractivity contribution in [3.63, 3.8) is 0 Å². The van der Waals surface area contributed by atoms with Gasteiger partial charge in [-0.3, -0.25) is 9.69 Å². The standard InChI is InChI=1S/C12H16N2O2/c1-13-6-7-14(12(15)9-13)10-4-3-5-11(8-10)16-2/h3-5,8H,6-7,9H2,1-2H3. The molecule has 1 amide bonds. The summed E-state index contributed by atoms with van der Waals surface area (Å²) >= 11 is 0. The number of anilines is 1. The normalized spacial score (nSPS) is 17.6. The van der Waals surface area contributed by atoms with Gasteiger partial charge >= 0.3 is 0 Å². The van der Waals surface area contributed by atoms with E-state index in [4.69, 9.17) is 4.74 Å². The van der Waals surface area contributed by atoms with Crippen LogP contribution in [-0.4, -0.2) is 44.6 Å². The van der Waals surface area contributed by atoms with Crippen LogP contribution in [0, 0.1) is 0 Å². The van der Waals surface area contributed by atoms with E-state index in [0.29, 0.717) is 6.54 Å². The Labute approximate surface area is 95.4 Å². The average Bonchev–Trinajstić information content (AvgIpc) is 2.29. The molecule has 1 saturated heterocycles. The molecule has 4 heteroatoms. The summed E-state index contributed by atoms with van der Waals surface area (Å²) in [5.41, 5.74) is 0.914. The predicted octanol–water partition coefficient (Wildman–Crippen LogP) is 0.974. The van der Waals surface area contributed by atoms with E-state index in [1.54, 1.807) is 7.11 Å². The van der Waals surface area contributed by atoms with Crippen LogP contribution in [-0.2, 0) is 4.79 Å². The second-order valence-electron chi connectivity index (χ2n) is 3.98. The van der Waals surface area contributed by atoms with E-state index in [1.807, 2.05) is 41.1 Å². The van der Waals surface area contributed by atoms with Crippen molar-refractivity contribution in [1.29, 1.82) is 0 Å². The summed E-state index contributed by atoms with van der Waals surface area (Å²) in [4.78, 5) is 15.7. The molecule has 0 aliphatic carbocycles. The number of nitrogens with zero attached hydrogens (tertiary/aromatic N) is 2. The minimum Gasteiger partial charge on any atom is -0.497 e. The van der Waals surface area contributed by atoms with Gasteiger partial charge in [0.15, 0.2) is 0 Å². The number of carbonyl (C=O) groups is 1. The van der Waals surface area contributed by atoms with Crippen LogP contribution >= 0.6 is 0 Å². The lowest BCUT2D eigenvalue weighted by molar-refractivity contribution is -0.120. The number of ether oxygens (including phenoxy) is 1. The van der Waals surface area contributed by atoms with Crippen LogP contribution in [0.4, 0.5) is 5.69 Å². The van der Waals surface area contributed by atoms with Gasteiger partial charge < -0.3 is 9.64 Å². The van der Waals surface area contributed by atoms with Crippen molar-refractivity contribution in [3.8, 4) is 5.75 Å². The van der Waals surface area contributed by atoms with Gasteiger partial charge in [0.1, 0.15) is 5.75 Å². The van der Waals surface area contributed by atoms with E-state index in [1.165, 1.54) is 0 Å². The summed E-state index contributed by atoms with van der Waals surface area (Å²) in [5.74, 6) is 0.922. The van der Waals surface area contributed by atoms with Crippen LogP contribution < -0.4 is 9.64 Å². The maximum absolute atomic E-state index is 11.8. The Morgan fingerprint density at radius 3 is 2.81 bits per heavy atom. The molecule has 0 radical (unpaired) electrons. The Morgan fingerprint density at radius 1 is 1.31 bits per heavy atom. The van der Waals surface area contributed by atoms with Gasteiger partial charge in [-0.25, -0.2) is 0 Å². The van der Waals surface area contributed by atoms with Crippen LogP contribution in [0.15, 0.2) is 24.3 Å². The molecule has 0 atom stereocenters. The molecule has 0 unspecified atom stereocenters. The van der Waals surface area contributed by atoms with Gasteiger partial charge in [-0.05, 0) is 19.2 Å². The molecule has 1 aromatic rings. The molecular formula is C12H16N2O2. The van der Waals surface area contributed by atoms with Crippen molar-refractivity contribution >= 4 is 11.6 Å². The van der Waals surface area contributed by atoms with Crippen LogP contribution in [0.5, 0.6) is 5.75 Å². The minimum absolute atomic E-state index is 0.141. The van der Waals surface area contributed by atoms with Gasteiger partial charge in [-0.15, -0.1) is 0 Å². The lowest BCUT2D eigenvalue weighted by Gasteiger charge is -2.32. The molecule has 1 aliphatic heterocycles. The third-order valence-corrected chi connectivity index (χ3v) is 2.78. The Balaban J connectivity index is 2.20. The van der Waals surface area contributed by atoms with Crippen LogP contribution in [0.1, 0.15) is 0 Å². The third-order valence-electron chi connectivity index (χ3n) is 2.78. The molecule has 0 bridgehead atoms. The fraction of sp³-hybridized carbons (Fsp3) is 0.417. The Bertz CT molecular complexity index is 392. The minimum atomic E-state index is 0.141. The summed E-state index contributed by atoms with van der Waals surface area (Å²) < 4.78 is 5.15. The number of benzene rings is 1. The Kier molecular flexibility index (Phi) is 3.10. The first-order valence-electron chi connectivity index (χ1n) is 5.33. The largest absolute Gasteiger partial charge is 0.497 e. The number of likely N-dealkylation sites (N-methyl/N-ethyl adjacent to an activating group) is 1. The second kappa shape index (κ2) is 4.53. The van der Waals surface area contributed by atoms with E-state index in [9.17, 15) is 4.79 Å². The van der Waals surface area contributed by atoms with Crippen LogP contribution in [0.2, 0.25) is 0 Å². The fourth-order valence-electron chi connectivity index (χ4n) is 1.84. The van der Waals surface area contributed by atoms with Crippen LogP contribution in [0.25, 0.3) is 0 Å². The molecule has 1 fully saturated rings. The maximum Gasteiger partial charge on any atom is 0.241 e. The molecule has 86 valence electrons. The van der Waals surface area contributed by atoms with Crippen LogP contribution in [0.3, 0.4) is 0 Å². The highest BCUT2D eigenvalue weighted by molar-refractivity contribution is 5.95. The number of piperazine rings is 1. The van der Waals surface area contributed by atoms with Gasteiger partial charge in [-0.1, -0.05) is 6.07 Å².